The summed E-state index contributed by atoms with van der Waals surface area (Å²) in [5, 5.41) is 8.02. The van der Waals surface area contributed by atoms with Crippen molar-refractivity contribution in [1.29, 1.82) is 0 Å². The Labute approximate surface area is 180 Å². The van der Waals surface area contributed by atoms with Gasteiger partial charge in [-0.05, 0) is 36.8 Å². The average Bonchev–Trinajstić information content (AvgIpc) is 2.79. The number of hydrogen-bond acceptors (Lipinski definition) is 7. The van der Waals surface area contributed by atoms with Crippen molar-refractivity contribution in [3.63, 3.8) is 0 Å². The number of nitrogens with zero attached hydrogens (tertiary/aromatic N) is 5. The number of piperazine rings is 1. The van der Waals surface area contributed by atoms with Gasteiger partial charge >= 0.3 is 6.01 Å². The number of hydrogen-bond donors (Lipinski definition) is 1. The van der Waals surface area contributed by atoms with E-state index in [1.807, 2.05) is 4.90 Å². The minimum absolute atomic E-state index is 0.147. The zero-order chi connectivity index (χ0) is 22.4. The Balaban J connectivity index is 0.000000858. The lowest BCUT2D eigenvalue weighted by molar-refractivity contribution is -0.129. The molecule has 1 N–H and O–H groups in total. The molecule has 4 rings (SSSR count). The minimum Gasteiger partial charge on any atom is -0.483 e. The Kier molecular flexibility index (Phi) is 6.96. The van der Waals surface area contributed by atoms with Crippen molar-refractivity contribution in [2.45, 2.75) is 13.8 Å². The van der Waals surface area contributed by atoms with Crippen LogP contribution in [0.3, 0.4) is 0 Å². The van der Waals surface area contributed by atoms with Gasteiger partial charge in [0.1, 0.15) is 0 Å². The number of carbonyl (C=O) groups excluding carboxylic acids is 1. The van der Waals surface area contributed by atoms with Crippen LogP contribution in [0, 0.1) is 6.92 Å². The van der Waals surface area contributed by atoms with E-state index in [2.05, 4.69) is 46.1 Å². The highest BCUT2D eigenvalue weighted by Crippen LogP contribution is 2.28. The largest absolute Gasteiger partial charge is 0.483 e. The van der Waals surface area contributed by atoms with Gasteiger partial charge in [0.25, 0.3) is 6.47 Å². The standard InChI is InChI=1S/C21H23N5O2.CH2O2/c1-14-10-20(16-12-22-21(28-3)23-13-16)24-19-5-4-17(11-18(14)19)26-8-6-25(7-9-26)15(2)27;2-1-3/h4-5,10-13H,6-9H2,1-3H3;1H,(H,2,3). The predicted molar refractivity (Wildman–Crippen MR) is 117 cm³/mol. The van der Waals surface area contributed by atoms with E-state index < -0.39 is 0 Å². The fraction of sp³-hybridized carbons (Fsp3) is 0.318. The van der Waals surface area contributed by atoms with E-state index in [4.69, 9.17) is 19.6 Å². The first kappa shape index (κ1) is 21.9. The van der Waals surface area contributed by atoms with E-state index in [9.17, 15) is 4.79 Å². The maximum atomic E-state index is 11.5. The van der Waals surface area contributed by atoms with E-state index in [1.54, 1.807) is 26.4 Å². The summed E-state index contributed by atoms with van der Waals surface area (Å²) >= 11 is 0. The van der Waals surface area contributed by atoms with Crippen LogP contribution in [0.5, 0.6) is 6.01 Å². The van der Waals surface area contributed by atoms with Gasteiger partial charge in [-0.2, -0.15) is 0 Å². The maximum absolute atomic E-state index is 11.5. The summed E-state index contributed by atoms with van der Waals surface area (Å²) in [5.41, 5.74) is 4.96. The molecule has 0 atom stereocenters. The van der Waals surface area contributed by atoms with Gasteiger partial charge in [-0.1, -0.05) is 0 Å². The number of anilines is 1. The van der Waals surface area contributed by atoms with Crippen LogP contribution < -0.4 is 9.64 Å². The lowest BCUT2D eigenvalue weighted by atomic mass is 10.1. The third-order valence-corrected chi connectivity index (χ3v) is 5.20. The van der Waals surface area contributed by atoms with Crippen molar-refractivity contribution < 1.29 is 19.4 Å². The normalized spacial score (nSPS) is 13.4. The number of methoxy groups -OCH3 is 1. The average molecular weight is 423 g/mol. The van der Waals surface area contributed by atoms with Crippen molar-refractivity contribution >= 4 is 29.0 Å². The third-order valence-electron chi connectivity index (χ3n) is 5.20. The van der Waals surface area contributed by atoms with Crippen LogP contribution in [-0.4, -0.2) is 70.6 Å². The van der Waals surface area contributed by atoms with E-state index in [0.717, 1.165) is 53.9 Å². The van der Waals surface area contributed by atoms with Gasteiger partial charge in [-0.25, -0.2) is 15.0 Å². The van der Waals surface area contributed by atoms with E-state index in [-0.39, 0.29) is 12.4 Å². The van der Waals surface area contributed by atoms with Crippen LogP contribution >= 0.6 is 0 Å². The summed E-state index contributed by atoms with van der Waals surface area (Å²) in [6.07, 6.45) is 3.45. The lowest BCUT2D eigenvalue weighted by Crippen LogP contribution is -2.48. The lowest BCUT2D eigenvalue weighted by Gasteiger charge is -2.35. The van der Waals surface area contributed by atoms with Crippen molar-refractivity contribution in [1.82, 2.24) is 19.9 Å². The molecule has 0 aliphatic carbocycles. The highest BCUT2D eigenvalue weighted by molar-refractivity contribution is 5.88. The first-order valence-corrected chi connectivity index (χ1v) is 9.83. The summed E-state index contributed by atoms with van der Waals surface area (Å²) in [4.78, 5) is 37.2. The molecule has 1 amide bonds. The van der Waals surface area contributed by atoms with Gasteiger partial charge in [-0.3, -0.25) is 9.59 Å². The molecular formula is C22H25N5O4. The molecule has 1 saturated heterocycles. The topological polar surface area (TPSA) is 109 Å². The quantitative estimate of drug-likeness (QED) is 0.640. The molecule has 1 fully saturated rings. The summed E-state index contributed by atoms with van der Waals surface area (Å²) in [6, 6.07) is 8.76. The molecule has 3 aromatic rings. The summed E-state index contributed by atoms with van der Waals surface area (Å²) in [6.45, 7) is 6.70. The number of aromatic nitrogens is 3. The molecule has 1 aromatic carbocycles. The zero-order valence-electron chi connectivity index (χ0n) is 17.8. The smallest absolute Gasteiger partial charge is 0.316 e. The summed E-state index contributed by atoms with van der Waals surface area (Å²) in [7, 11) is 1.55. The SMILES string of the molecule is COc1ncc(-c2cc(C)c3cc(N4CCN(C(C)=O)CC4)ccc3n2)cn1.O=CO. The van der Waals surface area contributed by atoms with Gasteiger partial charge in [0.15, 0.2) is 0 Å². The highest BCUT2D eigenvalue weighted by Gasteiger charge is 2.19. The van der Waals surface area contributed by atoms with Crippen LogP contribution in [0.15, 0.2) is 36.7 Å². The number of rotatable bonds is 3. The monoisotopic (exact) mass is 423 g/mol. The van der Waals surface area contributed by atoms with Crippen LogP contribution in [-0.2, 0) is 9.59 Å². The molecular weight excluding hydrogens is 398 g/mol. The Morgan fingerprint density at radius 2 is 1.77 bits per heavy atom. The fourth-order valence-corrected chi connectivity index (χ4v) is 3.56. The Bertz CT molecular complexity index is 1060. The Morgan fingerprint density at radius 3 is 2.35 bits per heavy atom. The van der Waals surface area contributed by atoms with Gasteiger partial charge in [-0.15, -0.1) is 0 Å². The van der Waals surface area contributed by atoms with Crippen LogP contribution in [0.25, 0.3) is 22.2 Å². The number of carbonyl (C=O) groups is 2. The second kappa shape index (κ2) is 9.84. The van der Waals surface area contributed by atoms with Crippen molar-refractivity contribution in [3.05, 3.63) is 42.2 Å². The first-order chi connectivity index (χ1) is 15.0. The second-order valence-corrected chi connectivity index (χ2v) is 7.08. The van der Waals surface area contributed by atoms with Gasteiger partial charge < -0.3 is 19.6 Å². The van der Waals surface area contributed by atoms with Crippen molar-refractivity contribution in [2.75, 3.05) is 38.2 Å². The first-order valence-electron chi connectivity index (χ1n) is 9.83. The fourth-order valence-electron chi connectivity index (χ4n) is 3.56. The molecule has 1 aliphatic rings. The van der Waals surface area contributed by atoms with E-state index >= 15 is 0 Å². The molecule has 0 unspecified atom stereocenters. The zero-order valence-corrected chi connectivity index (χ0v) is 17.8. The van der Waals surface area contributed by atoms with Gasteiger partial charge in [0.2, 0.25) is 5.91 Å². The van der Waals surface area contributed by atoms with Crippen LogP contribution in [0.2, 0.25) is 0 Å². The predicted octanol–water partition coefficient (Wildman–Crippen LogP) is 2.38. The summed E-state index contributed by atoms with van der Waals surface area (Å²) < 4.78 is 5.02. The number of amides is 1. The van der Waals surface area contributed by atoms with E-state index in [0.29, 0.717) is 6.01 Å². The molecule has 0 saturated carbocycles. The molecule has 0 radical (unpaired) electrons. The van der Waals surface area contributed by atoms with E-state index in [1.165, 1.54) is 5.69 Å². The van der Waals surface area contributed by atoms with Gasteiger partial charge in [0, 0.05) is 62.1 Å². The van der Waals surface area contributed by atoms with Crippen molar-refractivity contribution in [3.8, 4) is 17.3 Å². The number of pyridine rings is 1. The molecule has 3 heterocycles. The van der Waals surface area contributed by atoms with Crippen LogP contribution in [0.4, 0.5) is 5.69 Å². The minimum atomic E-state index is -0.250. The molecule has 0 bridgehead atoms. The molecule has 0 spiro atoms. The summed E-state index contributed by atoms with van der Waals surface area (Å²) in [5.74, 6) is 0.147. The second-order valence-electron chi connectivity index (χ2n) is 7.08. The molecule has 1 aliphatic heterocycles. The highest BCUT2D eigenvalue weighted by atomic mass is 16.5. The Morgan fingerprint density at radius 1 is 1.13 bits per heavy atom. The van der Waals surface area contributed by atoms with Gasteiger partial charge in [0.05, 0.1) is 18.3 Å². The maximum Gasteiger partial charge on any atom is 0.316 e. The molecule has 162 valence electrons. The third kappa shape index (κ3) is 5.06. The molecule has 2 aromatic heterocycles. The number of aryl methyl sites for hydroxylation is 1. The number of ether oxygens (including phenoxy) is 1. The molecule has 9 nitrogen and oxygen atoms in total. The molecule has 31 heavy (non-hydrogen) atoms. The molecule has 9 heteroatoms. The Hall–Kier alpha value is -3.75. The van der Waals surface area contributed by atoms with Crippen LogP contribution in [0.1, 0.15) is 12.5 Å². The van der Waals surface area contributed by atoms with Crippen molar-refractivity contribution in [2.24, 2.45) is 0 Å². The number of fused-ring (bicyclic) bond motifs is 1. The number of benzene rings is 1. The number of carboxylic acid groups (broad SMARTS) is 1.